The molecule has 1 aliphatic carbocycles. The van der Waals surface area contributed by atoms with Gasteiger partial charge in [-0.1, -0.05) is 20.8 Å². The quantitative estimate of drug-likeness (QED) is 0.849. The summed E-state index contributed by atoms with van der Waals surface area (Å²) in [5.41, 5.74) is 0.384. The first kappa shape index (κ1) is 11.6. The Kier molecular flexibility index (Phi) is 3.06. The molecule has 16 heavy (non-hydrogen) atoms. The van der Waals surface area contributed by atoms with Crippen LogP contribution in [0.15, 0.2) is 12.4 Å². The molecule has 2 atom stereocenters. The Morgan fingerprint density at radius 2 is 2.31 bits per heavy atom. The van der Waals surface area contributed by atoms with Gasteiger partial charge in [-0.05, 0) is 25.3 Å². The van der Waals surface area contributed by atoms with Crippen molar-refractivity contribution in [1.82, 2.24) is 14.9 Å². The molecular formula is C13H23N3. The molecule has 0 aromatic carbocycles. The molecule has 0 bridgehead atoms. The van der Waals surface area contributed by atoms with Gasteiger partial charge in [-0.25, -0.2) is 4.98 Å². The average Bonchev–Trinajstić information content (AvgIpc) is 2.80. The van der Waals surface area contributed by atoms with Crippen LogP contribution in [0, 0.1) is 5.41 Å². The first-order chi connectivity index (χ1) is 7.60. The molecule has 1 heterocycles. The first-order valence-electron chi connectivity index (χ1n) is 6.29. The highest BCUT2D eigenvalue weighted by molar-refractivity contribution is 5.04. The number of rotatable bonds is 3. The fourth-order valence-electron chi connectivity index (χ4n) is 3.17. The molecule has 0 aliphatic heterocycles. The summed E-state index contributed by atoms with van der Waals surface area (Å²) in [6.45, 7) is 6.89. The topological polar surface area (TPSA) is 29.9 Å². The lowest BCUT2D eigenvalue weighted by Gasteiger charge is -2.31. The third-order valence-corrected chi connectivity index (χ3v) is 4.04. The highest BCUT2D eigenvalue weighted by atomic mass is 15.1. The standard InChI is InChI=1S/C13H23N3/c1-5-11-15-8-9-16(11)10-6-7-13(2,3)12(10)14-4/h8-10,12,14H,5-7H2,1-4H3. The minimum atomic E-state index is 0.384. The minimum absolute atomic E-state index is 0.384. The van der Waals surface area contributed by atoms with Gasteiger partial charge in [0.1, 0.15) is 5.82 Å². The molecule has 0 saturated heterocycles. The van der Waals surface area contributed by atoms with E-state index in [-0.39, 0.29) is 0 Å². The highest BCUT2D eigenvalue weighted by Crippen LogP contribution is 2.43. The fraction of sp³-hybridized carbons (Fsp3) is 0.769. The molecular weight excluding hydrogens is 198 g/mol. The van der Waals surface area contributed by atoms with Crippen LogP contribution in [0.3, 0.4) is 0 Å². The van der Waals surface area contributed by atoms with Gasteiger partial charge >= 0.3 is 0 Å². The maximum Gasteiger partial charge on any atom is 0.108 e. The second kappa shape index (κ2) is 4.21. The SMILES string of the molecule is CCc1nccn1C1CCC(C)(C)C1NC. The monoisotopic (exact) mass is 221 g/mol. The lowest BCUT2D eigenvalue weighted by molar-refractivity contribution is 0.259. The molecule has 3 heteroatoms. The van der Waals surface area contributed by atoms with Gasteiger partial charge in [0.25, 0.3) is 0 Å². The number of imidazole rings is 1. The molecule has 2 unspecified atom stereocenters. The normalized spacial score (nSPS) is 28.5. The van der Waals surface area contributed by atoms with Gasteiger partial charge in [0.2, 0.25) is 0 Å². The lowest BCUT2D eigenvalue weighted by atomic mass is 9.86. The Morgan fingerprint density at radius 1 is 1.56 bits per heavy atom. The lowest BCUT2D eigenvalue weighted by Crippen LogP contribution is -2.40. The Hall–Kier alpha value is -0.830. The predicted molar refractivity (Wildman–Crippen MR) is 66.5 cm³/mol. The van der Waals surface area contributed by atoms with E-state index in [0.29, 0.717) is 17.5 Å². The molecule has 1 aromatic heterocycles. The Morgan fingerprint density at radius 3 is 2.94 bits per heavy atom. The largest absolute Gasteiger partial charge is 0.330 e. The number of hydrogen-bond donors (Lipinski definition) is 1. The summed E-state index contributed by atoms with van der Waals surface area (Å²) in [5, 5.41) is 3.50. The zero-order chi connectivity index (χ0) is 11.8. The van der Waals surface area contributed by atoms with Crippen molar-refractivity contribution in [3.8, 4) is 0 Å². The molecule has 2 rings (SSSR count). The molecule has 0 spiro atoms. The average molecular weight is 221 g/mol. The van der Waals surface area contributed by atoms with Gasteiger partial charge in [0.05, 0.1) is 6.04 Å². The van der Waals surface area contributed by atoms with E-state index in [1.807, 2.05) is 6.20 Å². The number of likely N-dealkylation sites (N-methyl/N-ethyl adjacent to an activating group) is 1. The molecule has 1 fully saturated rings. The fourth-order valence-corrected chi connectivity index (χ4v) is 3.17. The summed E-state index contributed by atoms with van der Waals surface area (Å²) in [6, 6.07) is 1.12. The molecule has 3 nitrogen and oxygen atoms in total. The summed E-state index contributed by atoms with van der Waals surface area (Å²) in [7, 11) is 2.08. The van der Waals surface area contributed by atoms with E-state index in [0.717, 1.165) is 6.42 Å². The smallest absolute Gasteiger partial charge is 0.108 e. The molecule has 0 radical (unpaired) electrons. The van der Waals surface area contributed by atoms with Crippen molar-refractivity contribution in [3.63, 3.8) is 0 Å². The van der Waals surface area contributed by atoms with Crippen molar-refractivity contribution < 1.29 is 0 Å². The van der Waals surface area contributed by atoms with Crippen molar-refractivity contribution >= 4 is 0 Å². The first-order valence-corrected chi connectivity index (χ1v) is 6.29. The number of aromatic nitrogens is 2. The van der Waals surface area contributed by atoms with E-state index in [4.69, 9.17) is 0 Å². The van der Waals surface area contributed by atoms with Crippen LogP contribution < -0.4 is 5.32 Å². The van der Waals surface area contributed by atoms with Crippen molar-refractivity contribution in [3.05, 3.63) is 18.2 Å². The summed E-state index contributed by atoms with van der Waals surface area (Å²) in [4.78, 5) is 4.43. The van der Waals surface area contributed by atoms with Crippen LogP contribution in [0.2, 0.25) is 0 Å². The Bertz CT molecular complexity index is 354. The molecule has 1 aromatic rings. The van der Waals surface area contributed by atoms with Crippen molar-refractivity contribution in [1.29, 1.82) is 0 Å². The number of aryl methyl sites for hydroxylation is 1. The van der Waals surface area contributed by atoms with Gasteiger partial charge in [-0.2, -0.15) is 0 Å². The third kappa shape index (κ3) is 1.77. The highest BCUT2D eigenvalue weighted by Gasteiger charge is 2.42. The second-order valence-electron chi connectivity index (χ2n) is 5.47. The molecule has 0 amide bonds. The maximum absolute atomic E-state index is 4.43. The number of hydrogen-bond acceptors (Lipinski definition) is 2. The van der Waals surface area contributed by atoms with E-state index in [2.05, 4.69) is 48.9 Å². The summed E-state index contributed by atoms with van der Waals surface area (Å²) in [6.07, 6.45) is 7.61. The van der Waals surface area contributed by atoms with Crippen LogP contribution in [0.4, 0.5) is 0 Å². The van der Waals surface area contributed by atoms with Gasteiger partial charge in [-0.3, -0.25) is 0 Å². The molecule has 1 aliphatic rings. The van der Waals surface area contributed by atoms with Crippen LogP contribution in [-0.2, 0) is 6.42 Å². The second-order valence-corrected chi connectivity index (χ2v) is 5.47. The number of nitrogens with zero attached hydrogens (tertiary/aromatic N) is 2. The minimum Gasteiger partial charge on any atom is -0.330 e. The van der Waals surface area contributed by atoms with Crippen LogP contribution in [-0.4, -0.2) is 22.6 Å². The van der Waals surface area contributed by atoms with Gasteiger partial charge in [-0.15, -0.1) is 0 Å². The Labute approximate surface area is 98.3 Å². The van der Waals surface area contributed by atoms with E-state index in [9.17, 15) is 0 Å². The van der Waals surface area contributed by atoms with Crippen LogP contribution >= 0.6 is 0 Å². The zero-order valence-corrected chi connectivity index (χ0v) is 10.8. The van der Waals surface area contributed by atoms with Gasteiger partial charge in [0.15, 0.2) is 0 Å². The molecule has 1 N–H and O–H groups in total. The summed E-state index contributed by atoms with van der Waals surface area (Å²) >= 11 is 0. The van der Waals surface area contributed by atoms with Crippen LogP contribution in [0.25, 0.3) is 0 Å². The van der Waals surface area contributed by atoms with Crippen molar-refractivity contribution in [2.45, 2.75) is 52.1 Å². The van der Waals surface area contributed by atoms with E-state index >= 15 is 0 Å². The summed E-state index contributed by atoms with van der Waals surface area (Å²) in [5.74, 6) is 1.21. The Balaban J connectivity index is 2.28. The molecule has 1 saturated carbocycles. The predicted octanol–water partition coefficient (Wildman–Crippen LogP) is 2.39. The van der Waals surface area contributed by atoms with Crippen molar-refractivity contribution in [2.24, 2.45) is 5.41 Å². The van der Waals surface area contributed by atoms with Gasteiger partial charge < -0.3 is 9.88 Å². The number of nitrogens with one attached hydrogen (secondary N) is 1. The maximum atomic E-state index is 4.43. The van der Waals surface area contributed by atoms with Gasteiger partial charge in [0, 0.05) is 24.9 Å². The van der Waals surface area contributed by atoms with Crippen LogP contribution in [0.5, 0.6) is 0 Å². The van der Waals surface area contributed by atoms with E-state index in [1.165, 1.54) is 18.7 Å². The van der Waals surface area contributed by atoms with E-state index < -0.39 is 0 Å². The van der Waals surface area contributed by atoms with Crippen LogP contribution in [0.1, 0.15) is 45.5 Å². The molecule has 90 valence electrons. The van der Waals surface area contributed by atoms with E-state index in [1.54, 1.807) is 0 Å². The third-order valence-electron chi connectivity index (χ3n) is 4.04. The van der Waals surface area contributed by atoms with Crippen molar-refractivity contribution in [2.75, 3.05) is 7.05 Å². The zero-order valence-electron chi connectivity index (χ0n) is 10.8. The summed E-state index contributed by atoms with van der Waals surface area (Å²) < 4.78 is 2.37.